The number of aliphatic hydroxyl groups excluding tert-OH is 5. The molecule has 0 aliphatic heterocycles. The van der Waals surface area contributed by atoms with E-state index in [1.54, 1.807) is 0 Å². The average Bonchev–Trinajstić information content (AvgIpc) is 3.09. The van der Waals surface area contributed by atoms with Crippen LogP contribution >= 0.6 is 0 Å². The summed E-state index contributed by atoms with van der Waals surface area (Å²) in [4.78, 5) is 0. The summed E-state index contributed by atoms with van der Waals surface area (Å²) in [5.74, 6) is 0. The van der Waals surface area contributed by atoms with Gasteiger partial charge in [0.25, 0.3) is 0 Å². The molecule has 1 heterocycles. The Morgan fingerprint density at radius 1 is 1.07 bits per heavy atom. The van der Waals surface area contributed by atoms with Gasteiger partial charge in [-0.15, -0.1) is 0 Å². The molecule has 1 aromatic heterocycles. The molecule has 0 saturated heterocycles. The van der Waals surface area contributed by atoms with Crippen molar-refractivity contribution in [2.75, 3.05) is 18.9 Å². The maximum Gasteiger partial charge on any atom is 0.158 e. The van der Waals surface area contributed by atoms with Gasteiger partial charge in [-0.25, -0.2) is 0 Å². The van der Waals surface area contributed by atoms with Crippen LogP contribution in [0, 0.1) is 6.92 Å². The molecule has 3 aromatic rings. The number of furan rings is 1. The van der Waals surface area contributed by atoms with Gasteiger partial charge in [0.15, 0.2) is 5.58 Å². The predicted molar refractivity (Wildman–Crippen MR) is 106 cm³/mol. The van der Waals surface area contributed by atoms with Crippen LogP contribution in [-0.4, -0.2) is 63.1 Å². The lowest BCUT2D eigenvalue weighted by Crippen LogP contribution is -2.48. The Morgan fingerprint density at radius 2 is 1.75 bits per heavy atom. The number of benzene rings is 2. The first kappa shape index (κ1) is 20.5. The third-order valence-electron chi connectivity index (χ3n) is 4.97. The number of aryl methyl sites for hydroxylation is 1. The number of fused-ring (bicyclic) bond motifs is 3. The smallest absolute Gasteiger partial charge is 0.158 e. The molecule has 4 unspecified atom stereocenters. The zero-order valence-corrected chi connectivity index (χ0v) is 15.5. The van der Waals surface area contributed by atoms with Crippen LogP contribution in [0.4, 0.5) is 5.69 Å². The second-order valence-electron chi connectivity index (χ2n) is 7.00. The molecule has 4 atom stereocenters. The molecule has 28 heavy (non-hydrogen) atoms. The zero-order valence-electron chi connectivity index (χ0n) is 15.5. The number of nitrogens with one attached hydrogen (secondary N) is 1. The fourth-order valence-corrected chi connectivity index (χ4v) is 3.32. The van der Waals surface area contributed by atoms with Crippen LogP contribution in [0.3, 0.4) is 0 Å². The van der Waals surface area contributed by atoms with E-state index in [9.17, 15) is 20.4 Å². The SMILES string of the molecule is Cc1cc(CNCC(O)C(O)C(O)C(O)CO)c2c(oc3ccccc32)c1N. The van der Waals surface area contributed by atoms with Gasteiger partial charge in [0.05, 0.1) is 18.4 Å². The molecule has 8 heteroatoms. The number of hydrogen-bond acceptors (Lipinski definition) is 8. The molecule has 0 aliphatic carbocycles. The molecule has 0 saturated carbocycles. The van der Waals surface area contributed by atoms with Gasteiger partial charge in [-0.2, -0.15) is 0 Å². The highest BCUT2D eigenvalue weighted by Crippen LogP contribution is 2.36. The molecule has 8 nitrogen and oxygen atoms in total. The van der Waals surface area contributed by atoms with E-state index in [0.717, 1.165) is 27.5 Å². The van der Waals surface area contributed by atoms with Crippen LogP contribution in [0.15, 0.2) is 34.7 Å². The molecule has 0 fully saturated rings. The number of anilines is 1. The van der Waals surface area contributed by atoms with E-state index in [2.05, 4.69) is 5.32 Å². The zero-order chi connectivity index (χ0) is 20.4. The monoisotopic (exact) mass is 390 g/mol. The first-order chi connectivity index (χ1) is 13.3. The highest BCUT2D eigenvalue weighted by atomic mass is 16.4. The number of para-hydroxylation sites is 1. The molecular weight excluding hydrogens is 364 g/mol. The summed E-state index contributed by atoms with van der Waals surface area (Å²) in [6.45, 7) is 1.51. The van der Waals surface area contributed by atoms with E-state index < -0.39 is 31.0 Å². The van der Waals surface area contributed by atoms with Crippen molar-refractivity contribution in [3.63, 3.8) is 0 Å². The van der Waals surface area contributed by atoms with Crippen molar-refractivity contribution >= 4 is 27.6 Å². The third-order valence-corrected chi connectivity index (χ3v) is 4.97. The summed E-state index contributed by atoms with van der Waals surface area (Å²) in [7, 11) is 0. The molecule has 2 aromatic carbocycles. The highest BCUT2D eigenvalue weighted by molar-refractivity contribution is 6.10. The highest BCUT2D eigenvalue weighted by Gasteiger charge is 2.29. The Hall–Kier alpha value is -2.20. The number of hydrogen-bond donors (Lipinski definition) is 7. The Kier molecular flexibility index (Phi) is 6.19. The Bertz CT molecular complexity index is 957. The minimum atomic E-state index is -1.65. The van der Waals surface area contributed by atoms with Gasteiger partial charge < -0.3 is 41.0 Å². The van der Waals surface area contributed by atoms with E-state index in [0.29, 0.717) is 17.8 Å². The molecule has 0 radical (unpaired) electrons. The van der Waals surface area contributed by atoms with Crippen molar-refractivity contribution in [1.29, 1.82) is 0 Å². The maximum absolute atomic E-state index is 10.1. The minimum absolute atomic E-state index is 0.0307. The second-order valence-corrected chi connectivity index (χ2v) is 7.00. The van der Waals surface area contributed by atoms with Gasteiger partial charge in [0.2, 0.25) is 0 Å². The molecule has 152 valence electrons. The first-order valence-electron chi connectivity index (χ1n) is 9.08. The van der Waals surface area contributed by atoms with Gasteiger partial charge in [0.1, 0.15) is 23.9 Å². The number of rotatable bonds is 8. The number of nitrogen functional groups attached to an aromatic ring is 1. The first-order valence-corrected chi connectivity index (χ1v) is 9.08. The van der Waals surface area contributed by atoms with Crippen LogP contribution in [-0.2, 0) is 6.54 Å². The number of nitrogens with two attached hydrogens (primary N) is 1. The van der Waals surface area contributed by atoms with Crippen molar-refractivity contribution in [2.24, 2.45) is 0 Å². The lowest BCUT2D eigenvalue weighted by atomic mass is 10.0. The van der Waals surface area contributed by atoms with E-state index >= 15 is 0 Å². The fourth-order valence-electron chi connectivity index (χ4n) is 3.32. The molecule has 0 amide bonds. The van der Waals surface area contributed by atoms with E-state index in [1.807, 2.05) is 37.3 Å². The summed E-state index contributed by atoms with van der Waals surface area (Å²) in [5.41, 5.74) is 9.89. The number of aliphatic hydroxyl groups is 5. The fraction of sp³-hybridized carbons (Fsp3) is 0.400. The molecular formula is C20H26N2O6. The average molecular weight is 390 g/mol. The Morgan fingerprint density at radius 3 is 2.46 bits per heavy atom. The molecule has 0 spiro atoms. The van der Waals surface area contributed by atoms with Gasteiger partial charge in [-0.05, 0) is 24.1 Å². The lowest BCUT2D eigenvalue weighted by molar-refractivity contribution is -0.114. The van der Waals surface area contributed by atoms with Crippen LogP contribution in [0.25, 0.3) is 21.9 Å². The van der Waals surface area contributed by atoms with Crippen LogP contribution in [0.5, 0.6) is 0 Å². The van der Waals surface area contributed by atoms with E-state index in [1.165, 1.54) is 0 Å². The van der Waals surface area contributed by atoms with Crippen LogP contribution in [0.1, 0.15) is 11.1 Å². The quantitative estimate of drug-likeness (QED) is 0.265. The topological polar surface area (TPSA) is 152 Å². The standard InChI is InChI=1S/C20H26N2O6/c1-10-6-11(7-22-8-13(24)18(26)19(27)14(25)9-23)16-12-4-2-3-5-15(12)28-20(16)17(10)21/h2-6,13-14,18-19,22-27H,7-9,21H2,1H3. The maximum atomic E-state index is 10.1. The third kappa shape index (κ3) is 3.83. The van der Waals surface area contributed by atoms with Gasteiger partial charge >= 0.3 is 0 Å². The summed E-state index contributed by atoms with van der Waals surface area (Å²) >= 11 is 0. The van der Waals surface area contributed by atoms with Gasteiger partial charge in [-0.3, -0.25) is 0 Å². The van der Waals surface area contributed by atoms with Crippen molar-refractivity contribution in [3.8, 4) is 0 Å². The van der Waals surface area contributed by atoms with Crippen LogP contribution < -0.4 is 11.1 Å². The largest absolute Gasteiger partial charge is 0.454 e. The summed E-state index contributed by atoms with van der Waals surface area (Å²) in [5, 5.41) is 52.7. The van der Waals surface area contributed by atoms with E-state index in [4.69, 9.17) is 15.3 Å². The summed E-state index contributed by atoms with van der Waals surface area (Å²) in [6.07, 6.45) is -6.10. The Labute approximate surface area is 161 Å². The van der Waals surface area contributed by atoms with Crippen molar-refractivity contribution in [3.05, 3.63) is 41.5 Å². The Balaban J connectivity index is 1.79. The second kappa shape index (κ2) is 8.44. The molecule has 8 N–H and O–H groups in total. The molecule has 0 aliphatic rings. The van der Waals surface area contributed by atoms with E-state index in [-0.39, 0.29) is 6.54 Å². The van der Waals surface area contributed by atoms with Gasteiger partial charge in [-0.1, -0.05) is 24.3 Å². The normalized spacial score (nSPS) is 16.4. The van der Waals surface area contributed by atoms with Crippen molar-refractivity contribution < 1.29 is 29.9 Å². The minimum Gasteiger partial charge on any atom is -0.454 e. The molecule has 0 bridgehead atoms. The summed E-state index contributed by atoms with van der Waals surface area (Å²) in [6, 6.07) is 9.56. The lowest BCUT2D eigenvalue weighted by Gasteiger charge is -2.25. The summed E-state index contributed by atoms with van der Waals surface area (Å²) < 4.78 is 5.91. The molecule has 3 rings (SSSR count). The van der Waals surface area contributed by atoms with Crippen molar-refractivity contribution in [1.82, 2.24) is 5.32 Å². The van der Waals surface area contributed by atoms with Crippen LogP contribution in [0.2, 0.25) is 0 Å². The van der Waals surface area contributed by atoms with Gasteiger partial charge in [0, 0.05) is 23.9 Å². The van der Waals surface area contributed by atoms with Crippen molar-refractivity contribution in [2.45, 2.75) is 37.9 Å². The predicted octanol–water partition coefficient (Wildman–Crippen LogP) is 0.00212.